The molecular weight excluding hydrogens is 366 g/mol. The maximum absolute atomic E-state index is 13.6. The Morgan fingerprint density at radius 1 is 1.26 bits per heavy atom. The van der Waals surface area contributed by atoms with Crippen LogP contribution < -0.4 is 0 Å². The van der Waals surface area contributed by atoms with E-state index in [-0.39, 0.29) is 27.6 Å². The molecule has 0 N–H and O–H groups in total. The number of hydrogen-bond acceptors (Lipinski definition) is 3. The van der Waals surface area contributed by atoms with Crippen molar-refractivity contribution in [1.82, 2.24) is 9.21 Å². The van der Waals surface area contributed by atoms with Gasteiger partial charge in [-0.3, -0.25) is 4.79 Å². The first kappa shape index (κ1) is 18.4. The molecule has 2 rings (SSSR count). The number of amides is 1. The predicted molar refractivity (Wildman–Crippen MR) is 88.0 cm³/mol. The molecule has 1 aromatic carbocycles. The van der Waals surface area contributed by atoms with Crippen LogP contribution in [0.3, 0.4) is 0 Å². The number of carbonyl (C=O) groups excluding carboxylic acids is 1. The summed E-state index contributed by atoms with van der Waals surface area (Å²) < 4.78 is 38.0. The molecule has 0 atom stereocenters. The van der Waals surface area contributed by atoms with Crippen LogP contribution in [0.15, 0.2) is 12.1 Å². The molecule has 0 aromatic heterocycles. The van der Waals surface area contributed by atoms with Gasteiger partial charge in [0.2, 0.25) is 10.0 Å². The average Bonchev–Trinajstić information content (AvgIpc) is 2.49. The van der Waals surface area contributed by atoms with E-state index in [1.807, 2.05) is 0 Å². The topological polar surface area (TPSA) is 57.7 Å². The van der Waals surface area contributed by atoms with Crippen molar-refractivity contribution in [1.29, 1.82) is 0 Å². The Balaban J connectivity index is 2.09. The van der Waals surface area contributed by atoms with Gasteiger partial charge in [0.05, 0.1) is 21.9 Å². The van der Waals surface area contributed by atoms with Gasteiger partial charge in [-0.2, -0.15) is 0 Å². The molecule has 1 aliphatic heterocycles. The summed E-state index contributed by atoms with van der Waals surface area (Å²) in [5.41, 5.74) is 0.0588. The lowest BCUT2D eigenvalue weighted by molar-refractivity contribution is 0.0686. The van der Waals surface area contributed by atoms with Crippen LogP contribution in [-0.4, -0.2) is 56.0 Å². The van der Waals surface area contributed by atoms with Gasteiger partial charge in [0.25, 0.3) is 5.91 Å². The lowest BCUT2D eigenvalue weighted by atomic mass is 10.0. The number of nitrogens with zero attached hydrogens (tertiary/aromatic N) is 2. The van der Waals surface area contributed by atoms with Crippen molar-refractivity contribution in [3.63, 3.8) is 0 Å². The van der Waals surface area contributed by atoms with E-state index in [0.29, 0.717) is 25.9 Å². The molecule has 1 heterocycles. The van der Waals surface area contributed by atoms with Gasteiger partial charge >= 0.3 is 0 Å². The minimum atomic E-state index is -3.26. The molecule has 23 heavy (non-hydrogen) atoms. The van der Waals surface area contributed by atoms with Gasteiger partial charge in [-0.1, -0.05) is 23.2 Å². The molecule has 9 heteroatoms. The lowest BCUT2D eigenvalue weighted by Crippen LogP contribution is -2.47. The Hall–Kier alpha value is -0.890. The number of sulfonamides is 1. The highest BCUT2D eigenvalue weighted by Crippen LogP contribution is 2.27. The molecule has 0 bridgehead atoms. The first-order chi connectivity index (χ1) is 10.6. The average molecular weight is 383 g/mol. The zero-order valence-electron chi connectivity index (χ0n) is 12.7. The fourth-order valence-corrected chi connectivity index (χ4v) is 3.78. The van der Waals surface area contributed by atoms with Gasteiger partial charge in [-0.15, -0.1) is 0 Å². The normalized spacial score (nSPS) is 16.9. The number of piperidine rings is 1. The van der Waals surface area contributed by atoms with Crippen molar-refractivity contribution >= 4 is 39.1 Å². The van der Waals surface area contributed by atoms with E-state index < -0.39 is 15.8 Å². The molecule has 0 saturated carbocycles. The second kappa shape index (κ2) is 6.93. The summed E-state index contributed by atoms with van der Waals surface area (Å²) in [4.78, 5) is 14.0. The molecule has 1 aliphatic rings. The van der Waals surface area contributed by atoms with Crippen molar-refractivity contribution < 1.29 is 17.6 Å². The van der Waals surface area contributed by atoms with Crippen LogP contribution in [0.1, 0.15) is 23.2 Å². The van der Waals surface area contributed by atoms with Crippen LogP contribution in [0.2, 0.25) is 10.0 Å². The van der Waals surface area contributed by atoms with Gasteiger partial charge in [0, 0.05) is 26.2 Å². The summed E-state index contributed by atoms with van der Waals surface area (Å²) in [7, 11) is -1.73. The van der Waals surface area contributed by atoms with E-state index >= 15 is 0 Å². The molecule has 1 fully saturated rings. The maximum atomic E-state index is 13.6. The van der Waals surface area contributed by atoms with Crippen LogP contribution in [-0.2, 0) is 10.0 Å². The fraction of sp³-hybridized carbons (Fsp3) is 0.500. The summed E-state index contributed by atoms with van der Waals surface area (Å²) in [6.07, 6.45) is 2.19. The minimum absolute atomic E-state index is 0.0588. The summed E-state index contributed by atoms with van der Waals surface area (Å²) in [5.74, 6) is -1.09. The lowest BCUT2D eigenvalue weighted by Gasteiger charge is -2.35. The summed E-state index contributed by atoms with van der Waals surface area (Å²) >= 11 is 11.6. The summed E-state index contributed by atoms with van der Waals surface area (Å²) in [6.45, 7) is 0.758. The molecule has 1 saturated heterocycles. The zero-order chi connectivity index (χ0) is 17.4. The van der Waals surface area contributed by atoms with Crippen LogP contribution in [0.5, 0.6) is 0 Å². The Bertz CT molecular complexity index is 719. The van der Waals surface area contributed by atoms with Crippen molar-refractivity contribution in [2.75, 3.05) is 26.4 Å². The van der Waals surface area contributed by atoms with Gasteiger partial charge < -0.3 is 4.90 Å². The molecule has 0 radical (unpaired) electrons. The number of rotatable bonds is 3. The Kier molecular flexibility index (Phi) is 5.56. The third kappa shape index (κ3) is 4.15. The molecule has 0 unspecified atom stereocenters. The molecule has 128 valence electrons. The molecular formula is C14H17Cl2FN2O3S. The number of halogens is 3. The number of hydrogen-bond donors (Lipinski definition) is 0. The van der Waals surface area contributed by atoms with E-state index in [0.717, 1.165) is 12.3 Å². The predicted octanol–water partition coefficient (Wildman–Crippen LogP) is 2.63. The second-order valence-electron chi connectivity index (χ2n) is 5.55. The van der Waals surface area contributed by atoms with E-state index in [4.69, 9.17) is 23.2 Å². The van der Waals surface area contributed by atoms with E-state index in [1.54, 1.807) is 4.90 Å². The highest BCUT2D eigenvalue weighted by Gasteiger charge is 2.30. The Morgan fingerprint density at radius 2 is 1.83 bits per heavy atom. The Morgan fingerprint density at radius 3 is 2.35 bits per heavy atom. The first-order valence-corrected chi connectivity index (χ1v) is 9.58. The molecule has 5 nitrogen and oxygen atoms in total. The summed E-state index contributed by atoms with van der Waals surface area (Å²) in [6, 6.07) is 2.09. The van der Waals surface area contributed by atoms with Crippen LogP contribution in [0.4, 0.5) is 4.39 Å². The molecule has 0 aliphatic carbocycles. The van der Waals surface area contributed by atoms with Crippen LogP contribution in [0.25, 0.3) is 0 Å². The first-order valence-electron chi connectivity index (χ1n) is 6.98. The molecule has 1 aromatic rings. The van der Waals surface area contributed by atoms with E-state index in [2.05, 4.69) is 0 Å². The summed E-state index contributed by atoms with van der Waals surface area (Å²) in [5, 5.41) is -0.0446. The second-order valence-corrected chi connectivity index (χ2v) is 8.41. The van der Waals surface area contributed by atoms with Crippen molar-refractivity contribution in [2.45, 2.75) is 18.9 Å². The van der Waals surface area contributed by atoms with Crippen molar-refractivity contribution in [2.24, 2.45) is 0 Å². The van der Waals surface area contributed by atoms with Crippen LogP contribution in [0, 0.1) is 5.82 Å². The largest absolute Gasteiger partial charge is 0.338 e. The molecule has 1 amide bonds. The van der Waals surface area contributed by atoms with Gasteiger partial charge in [0.15, 0.2) is 0 Å². The van der Waals surface area contributed by atoms with Crippen molar-refractivity contribution in [3.05, 3.63) is 33.6 Å². The smallest absolute Gasteiger partial charge is 0.255 e. The number of carbonyl (C=O) groups is 1. The van der Waals surface area contributed by atoms with Gasteiger partial charge in [-0.05, 0) is 25.0 Å². The molecule has 0 spiro atoms. The highest BCUT2D eigenvalue weighted by atomic mass is 35.5. The van der Waals surface area contributed by atoms with E-state index in [9.17, 15) is 17.6 Å². The third-order valence-electron chi connectivity index (χ3n) is 4.03. The fourth-order valence-electron chi connectivity index (χ4n) is 2.56. The van der Waals surface area contributed by atoms with E-state index in [1.165, 1.54) is 17.4 Å². The third-order valence-corrected chi connectivity index (χ3v) is 5.98. The minimum Gasteiger partial charge on any atom is -0.338 e. The highest BCUT2D eigenvalue weighted by molar-refractivity contribution is 7.88. The zero-order valence-corrected chi connectivity index (χ0v) is 15.1. The van der Waals surface area contributed by atoms with Gasteiger partial charge in [0.1, 0.15) is 5.82 Å². The quantitative estimate of drug-likeness (QED) is 0.754. The number of benzene rings is 1. The Labute approximate surface area is 145 Å². The standard InChI is InChI=1S/C14H17Cl2FN2O3S/c1-18(23(2,21)22)9-3-5-19(6-4-9)14(20)10-7-13(17)12(16)8-11(10)15/h7-9H,3-6H2,1-2H3. The van der Waals surface area contributed by atoms with Gasteiger partial charge in [-0.25, -0.2) is 17.1 Å². The van der Waals surface area contributed by atoms with Crippen molar-refractivity contribution in [3.8, 4) is 0 Å². The monoisotopic (exact) mass is 382 g/mol. The maximum Gasteiger partial charge on any atom is 0.255 e. The van der Waals surface area contributed by atoms with Crippen LogP contribution >= 0.6 is 23.2 Å². The number of likely N-dealkylation sites (tertiary alicyclic amines) is 1. The SMILES string of the molecule is CN(C1CCN(C(=O)c2cc(F)c(Cl)cc2Cl)CC1)S(C)(=O)=O.